The van der Waals surface area contributed by atoms with Crippen molar-refractivity contribution in [3.8, 4) is 5.75 Å². The Morgan fingerprint density at radius 3 is 2.64 bits per heavy atom. The summed E-state index contributed by atoms with van der Waals surface area (Å²) in [6, 6.07) is 8.78. The number of carbonyl (C=O) groups excluding carboxylic acids is 1. The minimum atomic E-state index is -0.276. The highest BCUT2D eigenvalue weighted by molar-refractivity contribution is 5.94. The van der Waals surface area contributed by atoms with Gasteiger partial charge in [0.15, 0.2) is 0 Å². The Hall–Kier alpha value is -3.35. The number of H-pyrrole nitrogens is 1. The Morgan fingerprint density at radius 2 is 1.96 bits per heavy atom. The highest BCUT2D eigenvalue weighted by Crippen LogP contribution is 2.18. The number of benzene rings is 1. The molecule has 7 heteroatoms. The first-order valence-corrected chi connectivity index (χ1v) is 8.97. The fourth-order valence-electron chi connectivity index (χ4n) is 2.96. The lowest BCUT2D eigenvalue weighted by atomic mass is 10.1. The van der Waals surface area contributed by atoms with Crippen molar-refractivity contribution in [1.29, 1.82) is 0 Å². The number of hydrogen-bond donors (Lipinski definition) is 2. The molecule has 146 valence electrons. The second-order valence-corrected chi connectivity index (χ2v) is 6.74. The van der Waals surface area contributed by atoms with Gasteiger partial charge in [-0.05, 0) is 57.5 Å². The molecule has 1 amide bonds. The zero-order valence-electron chi connectivity index (χ0n) is 16.4. The smallest absolute Gasteiger partial charge is 0.253 e. The van der Waals surface area contributed by atoms with Gasteiger partial charge in [-0.15, -0.1) is 0 Å². The summed E-state index contributed by atoms with van der Waals surface area (Å²) < 4.78 is 10.9. The normalized spacial score (nSPS) is 10.7. The number of carbonyl (C=O) groups is 1. The first kappa shape index (κ1) is 19.4. The molecule has 0 radical (unpaired) electrons. The lowest BCUT2D eigenvalue weighted by Crippen LogP contribution is -2.27. The summed E-state index contributed by atoms with van der Waals surface area (Å²) in [6.45, 7) is 7.83. The zero-order chi connectivity index (χ0) is 20.3. The second kappa shape index (κ2) is 8.12. The Balaban J connectivity index is 1.66. The Kier molecular flexibility index (Phi) is 5.63. The molecule has 0 saturated heterocycles. The number of ether oxygens (including phenoxy) is 1. The number of hydrogen-bond acceptors (Lipinski definition) is 5. The molecule has 0 fully saturated rings. The van der Waals surface area contributed by atoms with Gasteiger partial charge in [-0.25, -0.2) is 0 Å². The second-order valence-electron chi connectivity index (χ2n) is 6.74. The molecular formula is C21H23N3O4. The van der Waals surface area contributed by atoms with Crippen LogP contribution >= 0.6 is 0 Å². The van der Waals surface area contributed by atoms with Crippen LogP contribution in [0.2, 0.25) is 0 Å². The van der Waals surface area contributed by atoms with Crippen LogP contribution < -0.4 is 15.6 Å². The molecule has 2 heterocycles. The van der Waals surface area contributed by atoms with Crippen LogP contribution in [0.3, 0.4) is 0 Å². The van der Waals surface area contributed by atoms with E-state index in [0.29, 0.717) is 29.2 Å². The van der Waals surface area contributed by atoms with E-state index in [1.54, 1.807) is 24.3 Å². The molecule has 28 heavy (non-hydrogen) atoms. The lowest BCUT2D eigenvalue weighted by Gasteiger charge is -2.10. The van der Waals surface area contributed by atoms with Crippen LogP contribution in [0.1, 0.15) is 44.2 Å². The van der Waals surface area contributed by atoms with Crippen LogP contribution in [0.25, 0.3) is 0 Å². The van der Waals surface area contributed by atoms with Gasteiger partial charge < -0.3 is 19.6 Å². The molecule has 0 aliphatic carbocycles. The van der Waals surface area contributed by atoms with Crippen LogP contribution in [0, 0.1) is 27.7 Å². The van der Waals surface area contributed by atoms with Crippen LogP contribution in [0.5, 0.6) is 5.75 Å². The third kappa shape index (κ3) is 4.31. The Labute approximate surface area is 162 Å². The van der Waals surface area contributed by atoms with Crippen LogP contribution in [0.15, 0.2) is 39.6 Å². The molecule has 0 aliphatic heterocycles. The zero-order valence-corrected chi connectivity index (χ0v) is 16.4. The molecular weight excluding hydrogens is 358 g/mol. The van der Waals surface area contributed by atoms with Crippen molar-refractivity contribution in [3.05, 3.63) is 80.1 Å². The molecule has 0 bridgehead atoms. The van der Waals surface area contributed by atoms with E-state index in [9.17, 15) is 9.59 Å². The maximum atomic E-state index is 12.5. The minimum Gasteiger partial charge on any atom is -0.489 e. The van der Waals surface area contributed by atoms with E-state index in [1.807, 2.05) is 33.8 Å². The summed E-state index contributed by atoms with van der Waals surface area (Å²) in [4.78, 5) is 27.3. The van der Waals surface area contributed by atoms with E-state index < -0.39 is 0 Å². The van der Waals surface area contributed by atoms with E-state index in [2.05, 4.69) is 15.5 Å². The van der Waals surface area contributed by atoms with Crippen molar-refractivity contribution < 1.29 is 14.1 Å². The number of nitrogens with one attached hydrogen (secondary N) is 2. The number of pyridine rings is 1. The number of aromatic nitrogens is 2. The van der Waals surface area contributed by atoms with Crippen LogP contribution in [-0.2, 0) is 13.2 Å². The van der Waals surface area contributed by atoms with Crippen molar-refractivity contribution in [1.82, 2.24) is 15.5 Å². The van der Waals surface area contributed by atoms with Crippen molar-refractivity contribution in [2.24, 2.45) is 0 Å². The van der Waals surface area contributed by atoms with E-state index >= 15 is 0 Å². The van der Waals surface area contributed by atoms with Gasteiger partial charge in [-0.3, -0.25) is 9.59 Å². The summed E-state index contributed by atoms with van der Waals surface area (Å²) in [5.74, 6) is 1.00. The molecule has 3 rings (SSSR count). The average Bonchev–Trinajstić information content (AvgIpc) is 2.97. The summed E-state index contributed by atoms with van der Waals surface area (Å²) in [5, 5.41) is 6.69. The SMILES string of the molecule is Cc1cc(C)c(CNC(=O)c2cccc(OCc3c(C)noc3C)c2)c(=O)[nH]1. The minimum absolute atomic E-state index is 0.157. The van der Waals surface area contributed by atoms with E-state index in [4.69, 9.17) is 9.26 Å². The molecule has 7 nitrogen and oxygen atoms in total. The number of nitrogens with zero attached hydrogens (tertiary/aromatic N) is 1. The Morgan fingerprint density at radius 1 is 1.18 bits per heavy atom. The molecule has 0 spiro atoms. The highest BCUT2D eigenvalue weighted by atomic mass is 16.5. The third-order valence-electron chi connectivity index (χ3n) is 4.58. The van der Waals surface area contributed by atoms with Gasteiger partial charge in [0.2, 0.25) is 0 Å². The monoisotopic (exact) mass is 381 g/mol. The predicted molar refractivity (Wildman–Crippen MR) is 104 cm³/mol. The van der Waals surface area contributed by atoms with Gasteiger partial charge in [0, 0.05) is 23.4 Å². The van der Waals surface area contributed by atoms with Gasteiger partial charge in [0.25, 0.3) is 11.5 Å². The fraction of sp³-hybridized carbons (Fsp3) is 0.286. The van der Waals surface area contributed by atoms with Crippen molar-refractivity contribution in [2.75, 3.05) is 0 Å². The molecule has 0 unspecified atom stereocenters. The summed E-state index contributed by atoms with van der Waals surface area (Å²) in [5.41, 5.74) is 4.13. The molecule has 1 aromatic carbocycles. The number of rotatable bonds is 6. The highest BCUT2D eigenvalue weighted by Gasteiger charge is 2.12. The Bertz CT molecular complexity index is 1050. The molecule has 2 aromatic heterocycles. The molecule has 3 aromatic rings. The van der Waals surface area contributed by atoms with Crippen LogP contribution in [0.4, 0.5) is 0 Å². The summed E-state index contributed by atoms with van der Waals surface area (Å²) >= 11 is 0. The largest absolute Gasteiger partial charge is 0.489 e. The molecule has 2 N–H and O–H groups in total. The molecule has 0 aliphatic rings. The van der Waals surface area contributed by atoms with E-state index in [-0.39, 0.29) is 18.0 Å². The van der Waals surface area contributed by atoms with Crippen LogP contribution in [-0.4, -0.2) is 16.0 Å². The van der Waals surface area contributed by atoms with Crippen molar-refractivity contribution in [2.45, 2.75) is 40.8 Å². The molecule has 0 saturated carbocycles. The first-order chi connectivity index (χ1) is 13.3. The van der Waals surface area contributed by atoms with Gasteiger partial charge in [-0.1, -0.05) is 11.2 Å². The lowest BCUT2D eigenvalue weighted by molar-refractivity contribution is 0.0950. The van der Waals surface area contributed by atoms with Gasteiger partial charge in [0.1, 0.15) is 18.1 Å². The van der Waals surface area contributed by atoms with Gasteiger partial charge in [-0.2, -0.15) is 0 Å². The third-order valence-corrected chi connectivity index (χ3v) is 4.58. The summed E-state index contributed by atoms with van der Waals surface area (Å²) in [7, 11) is 0. The van der Waals surface area contributed by atoms with Crippen molar-refractivity contribution >= 4 is 5.91 Å². The maximum Gasteiger partial charge on any atom is 0.253 e. The topological polar surface area (TPSA) is 97.2 Å². The van der Waals surface area contributed by atoms with Gasteiger partial charge in [0.05, 0.1) is 11.3 Å². The standard InChI is InChI=1S/C21H23N3O4/c1-12-8-13(2)23-21(26)18(12)10-22-20(25)16-6-5-7-17(9-16)27-11-19-14(3)24-28-15(19)4/h5-9H,10-11H2,1-4H3,(H,22,25)(H,23,26). The predicted octanol–water partition coefficient (Wildman–Crippen LogP) is 3.11. The van der Waals surface area contributed by atoms with Crippen molar-refractivity contribution in [3.63, 3.8) is 0 Å². The fourth-order valence-corrected chi connectivity index (χ4v) is 2.96. The molecule has 0 atom stereocenters. The number of amides is 1. The average molecular weight is 381 g/mol. The number of aromatic amines is 1. The van der Waals surface area contributed by atoms with E-state index in [0.717, 1.165) is 22.5 Å². The van der Waals surface area contributed by atoms with Gasteiger partial charge >= 0.3 is 0 Å². The summed E-state index contributed by atoms with van der Waals surface area (Å²) in [6.07, 6.45) is 0. The van der Waals surface area contributed by atoms with E-state index in [1.165, 1.54) is 0 Å². The quantitative estimate of drug-likeness (QED) is 0.684. The maximum absolute atomic E-state index is 12.5. The number of aryl methyl sites for hydroxylation is 4. The first-order valence-electron chi connectivity index (χ1n) is 8.97.